The average molecular weight is 417 g/mol. The van der Waals surface area contributed by atoms with Gasteiger partial charge in [-0.25, -0.2) is 22.0 Å². The van der Waals surface area contributed by atoms with Crippen LogP contribution in [0.1, 0.15) is 10.4 Å². The van der Waals surface area contributed by atoms with Gasteiger partial charge in [0.05, 0.1) is 29.9 Å². The number of carbonyl (C=O) groups is 1. The molecule has 0 aliphatic carbocycles. The maximum Gasteiger partial charge on any atom is 0.337 e. The molecule has 0 spiro atoms. The summed E-state index contributed by atoms with van der Waals surface area (Å²) in [6, 6.07) is 3.88. The van der Waals surface area contributed by atoms with Crippen LogP contribution >= 0.6 is 0 Å². The topological polar surface area (TPSA) is 111 Å². The highest BCUT2D eigenvalue weighted by atomic mass is 32.2. The number of anilines is 1. The summed E-state index contributed by atoms with van der Waals surface area (Å²) >= 11 is 0. The van der Waals surface area contributed by atoms with Crippen LogP contribution in [0, 0.1) is 11.6 Å². The van der Waals surface area contributed by atoms with E-state index in [1.54, 1.807) is 0 Å². The molecular formula is C17H17F2NO7S. The maximum absolute atomic E-state index is 13.4. The molecule has 28 heavy (non-hydrogen) atoms. The monoisotopic (exact) mass is 417 g/mol. The first-order chi connectivity index (χ1) is 13.2. The van der Waals surface area contributed by atoms with Gasteiger partial charge in [-0.05, 0) is 12.1 Å². The molecule has 2 N–H and O–H groups in total. The van der Waals surface area contributed by atoms with E-state index in [1.165, 1.54) is 14.2 Å². The van der Waals surface area contributed by atoms with Crippen molar-refractivity contribution >= 4 is 21.7 Å². The Kier molecular flexibility index (Phi) is 6.75. The van der Waals surface area contributed by atoms with Crippen LogP contribution in [0.5, 0.6) is 11.5 Å². The van der Waals surface area contributed by atoms with Crippen LogP contribution < -0.4 is 14.2 Å². The van der Waals surface area contributed by atoms with Gasteiger partial charge in [-0.2, -0.15) is 0 Å². The lowest BCUT2D eigenvalue weighted by Gasteiger charge is -2.16. The van der Waals surface area contributed by atoms with Gasteiger partial charge in [0, 0.05) is 25.3 Å². The third-order valence-corrected chi connectivity index (χ3v) is 4.81. The number of hydrogen-bond donors (Lipinski definition) is 2. The molecule has 2 rings (SSSR count). The van der Waals surface area contributed by atoms with Gasteiger partial charge in [-0.15, -0.1) is 0 Å². The molecule has 8 nitrogen and oxygen atoms in total. The highest BCUT2D eigenvalue weighted by Gasteiger charge is 2.23. The summed E-state index contributed by atoms with van der Waals surface area (Å²) in [4.78, 5) is 10.8. The van der Waals surface area contributed by atoms with Crippen LogP contribution in [0.4, 0.5) is 14.5 Å². The fraction of sp³-hybridized carbons (Fsp3) is 0.235. The number of ether oxygens (including phenoxy) is 3. The van der Waals surface area contributed by atoms with E-state index in [2.05, 4.69) is 0 Å². The summed E-state index contributed by atoms with van der Waals surface area (Å²) in [5.74, 6) is -3.56. The third kappa shape index (κ3) is 5.08. The van der Waals surface area contributed by atoms with Crippen molar-refractivity contribution in [1.29, 1.82) is 0 Å². The number of carboxylic acid groups (broad SMARTS) is 1. The Labute approximate surface area is 159 Å². The predicted molar refractivity (Wildman–Crippen MR) is 94.5 cm³/mol. The number of rotatable bonds is 9. The Morgan fingerprint density at radius 3 is 2.21 bits per heavy atom. The van der Waals surface area contributed by atoms with Crippen molar-refractivity contribution in [2.24, 2.45) is 0 Å². The summed E-state index contributed by atoms with van der Waals surface area (Å²) in [6.45, 7) is 0.300. The van der Waals surface area contributed by atoms with E-state index in [1.807, 2.05) is 4.72 Å². The van der Waals surface area contributed by atoms with E-state index in [9.17, 15) is 27.1 Å². The van der Waals surface area contributed by atoms with E-state index in [-0.39, 0.29) is 30.4 Å². The molecule has 0 amide bonds. The molecule has 2 aromatic carbocycles. The van der Waals surface area contributed by atoms with Gasteiger partial charge in [0.25, 0.3) is 10.0 Å². The van der Waals surface area contributed by atoms with Gasteiger partial charge < -0.3 is 19.3 Å². The summed E-state index contributed by atoms with van der Waals surface area (Å²) in [6.07, 6.45) is 0. The quantitative estimate of drug-likeness (QED) is 0.603. The van der Waals surface area contributed by atoms with E-state index in [4.69, 9.17) is 14.2 Å². The van der Waals surface area contributed by atoms with E-state index < -0.39 is 38.1 Å². The van der Waals surface area contributed by atoms with Crippen LogP contribution in [0.25, 0.3) is 0 Å². The minimum atomic E-state index is -4.49. The lowest BCUT2D eigenvalue weighted by molar-refractivity contribution is 0.0697. The second-order valence-electron chi connectivity index (χ2n) is 5.41. The fourth-order valence-corrected chi connectivity index (χ4v) is 3.33. The number of benzene rings is 2. The van der Waals surface area contributed by atoms with E-state index in [0.29, 0.717) is 18.2 Å². The highest BCUT2D eigenvalue weighted by molar-refractivity contribution is 7.92. The van der Waals surface area contributed by atoms with Gasteiger partial charge in [-0.1, -0.05) is 0 Å². The minimum Gasteiger partial charge on any atom is -0.493 e. The molecule has 0 fully saturated rings. The van der Waals surface area contributed by atoms with E-state index in [0.717, 1.165) is 12.1 Å². The van der Waals surface area contributed by atoms with Crippen molar-refractivity contribution in [1.82, 2.24) is 0 Å². The zero-order valence-electron chi connectivity index (χ0n) is 14.9. The smallest absolute Gasteiger partial charge is 0.337 e. The number of methoxy groups -OCH3 is 2. The molecule has 0 radical (unpaired) electrons. The third-order valence-electron chi connectivity index (χ3n) is 3.47. The number of nitrogens with one attached hydrogen (secondary N) is 1. The molecule has 0 bridgehead atoms. The second-order valence-corrected chi connectivity index (χ2v) is 7.09. The molecule has 2 aromatic rings. The Morgan fingerprint density at radius 1 is 1.04 bits per heavy atom. The molecule has 0 heterocycles. The Hall–Kier alpha value is -2.92. The van der Waals surface area contributed by atoms with Gasteiger partial charge in [0.1, 0.15) is 18.2 Å². The molecule has 0 aromatic heterocycles. The Balaban J connectivity index is 2.49. The van der Waals surface area contributed by atoms with Crippen LogP contribution in [-0.4, -0.2) is 46.9 Å². The van der Waals surface area contributed by atoms with E-state index >= 15 is 0 Å². The average Bonchev–Trinajstić information content (AvgIpc) is 2.60. The predicted octanol–water partition coefficient (Wildman–Crippen LogP) is 2.50. The summed E-state index contributed by atoms with van der Waals surface area (Å²) in [5.41, 5.74) is -0.818. The fourth-order valence-electron chi connectivity index (χ4n) is 2.22. The van der Waals surface area contributed by atoms with Crippen molar-refractivity contribution in [2.75, 3.05) is 32.2 Å². The first kappa shape index (κ1) is 21.4. The van der Waals surface area contributed by atoms with Crippen molar-refractivity contribution in [3.63, 3.8) is 0 Å². The standard InChI is InChI=1S/C17H17F2NO7S/c1-25-3-4-27-16-9-14(13(17(21)22)8-15(16)26-2)20-28(23,24)12-6-10(18)5-11(19)7-12/h5-9,20H,3-4H2,1-2H3,(H,21,22). The zero-order chi connectivity index (χ0) is 20.9. The molecule has 152 valence electrons. The number of hydrogen-bond acceptors (Lipinski definition) is 6. The minimum absolute atomic E-state index is 0.0488. The summed E-state index contributed by atoms with van der Waals surface area (Å²) < 4.78 is 69.0. The van der Waals surface area contributed by atoms with Gasteiger partial charge in [-0.3, -0.25) is 4.72 Å². The molecule has 0 aliphatic rings. The summed E-state index contributed by atoms with van der Waals surface area (Å²) in [5, 5.41) is 9.38. The van der Waals surface area contributed by atoms with Crippen LogP contribution in [0.3, 0.4) is 0 Å². The first-order valence-electron chi connectivity index (χ1n) is 7.74. The first-order valence-corrected chi connectivity index (χ1v) is 9.22. The lowest BCUT2D eigenvalue weighted by Crippen LogP contribution is -2.17. The Morgan fingerprint density at radius 2 is 1.68 bits per heavy atom. The Bertz CT molecular complexity index is 959. The second kappa shape index (κ2) is 8.85. The van der Waals surface area contributed by atoms with Crippen molar-refractivity contribution < 1.29 is 41.3 Å². The molecule has 0 saturated carbocycles. The molecule has 0 saturated heterocycles. The number of aromatic carboxylic acids is 1. The zero-order valence-corrected chi connectivity index (χ0v) is 15.7. The number of sulfonamides is 1. The number of halogens is 2. The van der Waals surface area contributed by atoms with Crippen molar-refractivity contribution in [3.05, 3.63) is 47.5 Å². The van der Waals surface area contributed by atoms with Crippen LogP contribution in [0.2, 0.25) is 0 Å². The largest absolute Gasteiger partial charge is 0.493 e. The molecular weight excluding hydrogens is 400 g/mol. The molecule has 11 heteroatoms. The van der Waals surface area contributed by atoms with Crippen molar-refractivity contribution in [3.8, 4) is 11.5 Å². The molecule has 0 aliphatic heterocycles. The highest BCUT2D eigenvalue weighted by Crippen LogP contribution is 2.35. The SMILES string of the molecule is COCCOc1cc(NS(=O)(=O)c2cc(F)cc(F)c2)c(C(=O)O)cc1OC. The maximum atomic E-state index is 13.4. The van der Waals surface area contributed by atoms with Gasteiger partial charge in [0.2, 0.25) is 0 Å². The van der Waals surface area contributed by atoms with Gasteiger partial charge in [0.15, 0.2) is 11.5 Å². The van der Waals surface area contributed by atoms with Crippen LogP contribution in [-0.2, 0) is 14.8 Å². The normalized spacial score (nSPS) is 11.1. The van der Waals surface area contributed by atoms with Crippen molar-refractivity contribution in [2.45, 2.75) is 4.90 Å². The number of carboxylic acids is 1. The van der Waals surface area contributed by atoms with Gasteiger partial charge >= 0.3 is 5.97 Å². The summed E-state index contributed by atoms with van der Waals surface area (Å²) in [7, 11) is -1.76. The molecule has 0 atom stereocenters. The molecule has 0 unspecified atom stereocenters. The van der Waals surface area contributed by atoms with Crippen LogP contribution in [0.15, 0.2) is 35.2 Å². The lowest BCUT2D eigenvalue weighted by atomic mass is 10.1.